The summed E-state index contributed by atoms with van der Waals surface area (Å²) in [4.78, 5) is 4.73. The molecule has 1 saturated heterocycles. The summed E-state index contributed by atoms with van der Waals surface area (Å²) in [5, 5.41) is 0. The van der Waals surface area contributed by atoms with Gasteiger partial charge in [0.05, 0.1) is 16.0 Å². The van der Waals surface area contributed by atoms with Crippen molar-refractivity contribution in [3.05, 3.63) is 95.6 Å². The predicted octanol–water partition coefficient (Wildman–Crippen LogP) is 5.35. The smallest absolute Gasteiger partial charge is 0.368 e. The molecule has 0 amide bonds. The highest BCUT2D eigenvalue weighted by molar-refractivity contribution is 7.90. The lowest BCUT2D eigenvalue weighted by molar-refractivity contribution is -0.137. The van der Waals surface area contributed by atoms with Gasteiger partial charge in [-0.25, -0.2) is 8.42 Å². The molecule has 0 N–H and O–H groups in total. The van der Waals surface area contributed by atoms with Gasteiger partial charge in [-0.1, -0.05) is 48.5 Å². The third-order valence-electron chi connectivity index (χ3n) is 6.50. The molecule has 0 aromatic heterocycles. The molecule has 4 nitrogen and oxygen atoms in total. The second-order valence-electron chi connectivity index (χ2n) is 8.95. The zero-order valence-electron chi connectivity index (χ0n) is 19.1. The zero-order chi connectivity index (χ0) is 24.6. The lowest BCUT2D eigenvalue weighted by atomic mass is 9.86. The van der Waals surface area contributed by atoms with Crippen molar-refractivity contribution in [2.75, 3.05) is 30.8 Å². The van der Waals surface area contributed by atoms with E-state index in [2.05, 4.69) is 28.9 Å². The second-order valence-corrected chi connectivity index (χ2v) is 11.0. The summed E-state index contributed by atoms with van der Waals surface area (Å²) < 4.78 is 63.0. The van der Waals surface area contributed by atoms with Crippen molar-refractivity contribution in [3.63, 3.8) is 0 Å². The maximum atomic E-state index is 13.0. The van der Waals surface area contributed by atoms with E-state index < -0.39 is 27.1 Å². The number of alkyl halides is 3. The average Bonchev–Trinajstić information content (AvgIpc) is 2.80. The SMILES string of the molecule is C[C@]1(c2ccccc2)CN(c2cccc(S(C)(=O)=O)c2)CCN1Cc1ccc(C(F)(F)F)cc1. The first-order valence-electron chi connectivity index (χ1n) is 11.0. The Morgan fingerprint density at radius 3 is 2.21 bits per heavy atom. The Labute approximate surface area is 198 Å². The summed E-state index contributed by atoms with van der Waals surface area (Å²) in [6, 6.07) is 22.3. The molecule has 34 heavy (non-hydrogen) atoms. The fraction of sp³-hybridized carbons (Fsp3) is 0.308. The Morgan fingerprint density at radius 2 is 1.59 bits per heavy atom. The Bertz CT molecular complexity index is 1250. The Morgan fingerprint density at radius 1 is 0.912 bits per heavy atom. The third-order valence-corrected chi connectivity index (χ3v) is 7.61. The average molecular weight is 489 g/mol. The number of benzene rings is 3. The summed E-state index contributed by atoms with van der Waals surface area (Å²) in [7, 11) is -3.33. The van der Waals surface area contributed by atoms with Crippen molar-refractivity contribution in [3.8, 4) is 0 Å². The van der Waals surface area contributed by atoms with Gasteiger partial charge in [-0.3, -0.25) is 4.90 Å². The number of piperazine rings is 1. The number of hydrogen-bond donors (Lipinski definition) is 0. The number of sulfone groups is 1. The lowest BCUT2D eigenvalue weighted by Gasteiger charge is -2.50. The number of rotatable bonds is 5. The number of anilines is 1. The van der Waals surface area contributed by atoms with Crippen LogP contribution in [0, 0.1) is 0 Å². The molecule has 1 fully saturated rings. The quantitative estimate of drug-likeness (QED) is 0.486. The van der Waals surface area contributed by atoms with Crippen molar-refractivity contribution in [2.24, 2.45) is 0 Å². The van der Waals surface area contributed by atoms with E-state index in [1.807, 2.05) is 24.3 Å². The highest BCUT2D eigenvalue weighted by Crippen LogP contribution is 2.36. The molecule has 1 aliphatic heterocycles. The Balaban J connectivity index is 1.64. The standard InChI is InChI=1S/C26H27F3N2O2S/c1-25(21-7-4-3-5-8-21)19-30(23-9-6-10-24(17-23)34(2,32)33)15-16-31(25)18-20-11-13-22(14-12-20)26(27,28)29/h3-14,17H,15-16,18-19H2,1-2H3/t25-/m1/s1. The molecule has 1 atom stereocenters. The first-order chi connectivity index (χ1) is 16.0. The minimum Gasteiger partial charge on any atom is -0.368 e. The van der Waals surface area contributed by atoms with Crippen LogP contribution in [-0.2, 0) is 28.1 Å². The van der Waals surface area contributed by atoms with Crippen LogP contribution in [0.25, 0.3) is 0 Å². The topological polar surface area (TPSA) is 40.6 Å². The molecular weight excluding hydrogens is 461 g/mol. The molecule has 3 aromatic rings. The molecular formula is C26H27F3N2O2S. The van der Waals surface area contributed by atoms with Crippen LogP contribution in [-0.4, -0.2) is 39.2 Å². The van der Waals surface area contributed by atoms with Gasteiger partial charge in [0.25, 0.3) is 0 Å². The highest BCUT2D eigenvalue weighted by Gasteiger charge is 2.39. The lowest BCUT2D eigenvalue weighted by Crippen LogP contribution is -2.58. The van der Waals surface area contributed by atoms with Gasteiger partial charge >= 0.3 is 6.18 Å². The second kappa shape index (κ2) is 9.07. The molecule has 3 aromatic carbocycles. The van der Waals surface area contributed by atoms with Crippen LogP contribution >= 0.6 is 0 Å². The molecule has 0 aliphatic carbocycles. The maximum absolute atomic E-state index is 13.0. The third kappa shape index (κ3) is 5.13. The molecule has 0 saturated carbocycles. The van der Waals surface area contributed by atoms with E-state index in [4.69, 9.17) is 0 Å². The van der Waals surface area contributed by atoms with Gasteiger partial charge in [-0.2, -0.15) is 13.2 Å². The van der Waals surface area contributed by atoms with E-state index in [-0.39, 0.29) is 4.90 Å². The van der Waals surface area contributed by atoms with Gasteiger partial charge in [-0.05, 0) is 48.4 Å². The molecule has 0 radical (unpaired) electrons. The number of halogens is 3. The summed E-state index contributed by atoms with van der Waals surface area (Å²) in [6.45, 7) is 4.55. The minimum atomic E-state index is -4.36. The van der Waals surface area contributed by atoms with Crippen LogP contribution in [0.1, 0.15) is 23.6 Å². The molecule has 0 spiro atoms. The van der Waals surface area contributed by atoms with Crippen molar-refractivity contribution < 1.29 is 21.6 Å². The normalized spacial score (nSPS) is 19.9. The number of hydrogen-bond acceptors (Lipinski definition) is 4. The minimum absolute atomic E-state index is 0.276. The van der Waals surface area contributed by atoms with Gasteiger partial charge in [0.1, 0.15) is 0 Å². The van der Waals surface area contributed by atoms with Crippen LogP contribution in [0.4, 0.5) is 18.9 Å². The van der Waals surface area contributed by atoms with E-state index >= 15 is 0 Å². The van der Waals surface area contributed by atoms with Crippen molar-refractivity contribution in [1.29, 1.82) is 0 Å². The number of nitrogens with zero attached hydrogens (tertiary/aromatic N) is 2. The van der Waals surface area contributed by atoms with Crippen molar-refractivity contribution in [2.45, 2.75) is 30.1 Å². The monoisotopic (exact) mass is 488 g/mol. The first kappa shape index (κ1) is 24.3. The molecule has 0 bridgehead atoms. The van der Waals surface area contributed by atoms with E-state index in [1.54, 1.807) is 18.2 Å². The van der Waals surface area contributed by atoms with Gasteiger partial charge < -0.3 is 4.90 Å². The Hall–Kier alpha value is -2.84. The van der Waals surface area contributed by atoms with E-state index in [0.29, 0.717) is 26.2 Å². The van der Waals surface area contributed by atoms with Gasteiger partial charge in [0.15, 0.2) is 9.84 Å². The van der Waals surface area contributed by atoms with Crippen LogP contribution in [0.15, 0.2) is 83.8 Å². The van der Waals surface area contributed by atoms with Crippen LogP contribution < -0.4 is 4.90 Å². The van der Waals surface area contributed by atoms with Crippen molar-refractivity contribution in [1.82, 2.24) is 4.90 Å². The molecule has 0 unspecified atom stereocenters. The summed E-state index contributed by atoms with van der Waals surface area (Å²) in [5.41, 5.74) is 1.63. The van der Waals surface area contributed by atoms with Gasteiger partial charge in [-0.15, -0.1) is 0 Å². The van der Waals surface area contributed by atoms with Gasteiger partial charge in [0.2, 0.25) is 0 Å². The predicted molar refractivity (Wildman–Crippen MR) is 127 cm³/mol. The molecule has 4 rings (SSSR count). The van der Waals surface area contributed by atoms with E-state index in [1.165, 1.54) is 18.4 Å². The van der Waals surface area contributed by atoms with Crippen LogP contribution in [0.5, 0.6) is 0 Å². The van der Waals surface area contributed by atoms with Gasteiger partial charge in [0, 0.05) is 38.1 Å². The van der Waals surface area contributed by atoms with Crippen LogP contribution in [0.2, 0.25) is 0 Å². The molecule has 180 valence electrons. The fourth-order valence-electron chi connectivity index (χ4n) is 4.51. The summed E-state index contributed by atoms with van der Waals surface area (Å²) in [6.07, 6.45) is -3.16. The van der Waals surface area contributed by atoms with Crippen LogP contribution in [0.3, 0.4) is 0 Å². The molecule has 8 heteroatoms. The maximum Gasteiger partial charge on any atom is 0.416 e. The molecule has 1 aliphatic rings. The Kier molecular flexibility index (Phi) is 6.48. The largest absolute Gasteiger partial charge is 0.416 e. The zero-order valence-corrected chi connectivity index (χ0v) is 19.9. The van der Waals surface area contributed by atoms with E-state index in [9.17, 15) is 21.6 Å². The first-order valence-corrected chi connectivity index (χ1v) is 12.9. The molecule has 1 heterocycles. The van der Waals surface area contributed by atoms with Crippen molar-refractivity contribution >= 4 is 15.5 Å². The fourth-order valence-corrected chi connectivity index (χ4v) is 5.17. The summed E-state index contributed by atoms with van der Waals surface area (Å²) in [5.74, 6) is 0. The van der Waals surface area contributed by atoms with E-state index in [0.717, 1.165) is 28.9 Å². The highest BCUT2D eigenvalue weighted by atomic mass is 32.2. The summed E-state index contributed by atoms with van der Waals surface area (Å²) >= 11 is 0.